The van der Waals surface area contributed by atoms with Crippen molar-refractivity contribution in [2.45, 2.75) is 0 Å². The molecule has 0 bridgehead atoms. The Balaban J connectivity index is 1.99. The van der Waals surface area contributed by atoms with Gasteiger partial charge in [0.2, 0.25) is 0 Å². The third-order valence-corrected chi connectivity index (χ3v) is 3.51. The molecule has 2 aromatic carbocycles. The maximum Gasteiger partial charge on any atom is 0.288 e. The highest BCUT2D eigenvalue weighted by atomic mass is 35.5. The molecule has 2 N–H and O–H groups in total. The van der Waals surface area contributed by atoms with Gasteiger partial charge in [-0.3, -0.25) is 15.5 Å². The van der Waals surface area contributed by atoms with E-state index in [0.717, 1.165) is 0 Å². The number of halogens is 2. The molecule has 0 aliphatic heterocycles. The van der Waals surface area contributed by atoms with Gasteiger partial charge < -0.3 is 5.32 Å². The largest absolute Gasteiger partial charge is 0.330 e. The number of para-hydroxylation sites is 1. The fourth-order valence-corrected chi connectivity index (χ4v) is 2.16. The summed E-state index contributed by atoms with van der Waals surface area (Å²) in [4.78, 5) is 10.2. The van der Waals surface area contributed by atoms with Crippen LogP contribution in [-0.2, 0) is 0 Å². The van der Waals surface area contributed by atoms with Gasteiger partial charge in [-0.15, -0.1) is 0 Å². The SMILES string of the molecule is O=[N+]([O-])c1cc(/C=N/NC(=S)Nc2ccccc2Cl)ccc1Cl. The second-order valence-corrected chi connectivity index (χ2v) is 5.49. The first-order valence-electron chi connectivity index (χ1n) is 6.26. The monoisotopic (exact) mass is 368 g/mol. The van der Waals surface area contributed by atoms with E-state index < -0.39 is 4.92 Å². The number of benzene rings is 2. The molecular formula is C14H10Cl2N4O2S. The van der Waals surface area contributed by atoms with Crippen LogP contribution in [0.3, 0.4) is 0 Å². The summed E-state index contributed by atoms with van der Waals surface area (Å²) in [6.45, 7) is 0. The van der Waals surface area contributed by atoms with Crippen molar-refractivity contribution >= 4 is 58.1 Å². The molecule has 23 heavy (non-hydrogen) atoms. The molecule has 0 aliphatic carbocycles. The molecule has 0 heterocycles. The lowest BCUT2D eigenvalue weighted by atomic mass is 10.2. The van der Waals surface area contributed by atoms with Gasteiger partial charge in [0.05, 0.1) is 21.8 Å². The molecule has 2 rings (SSSR count). The molecule has 0 aromatic heterocycles. The van der Waals surface area contributed by atoms with Crippen LogP contribution < -0.4 is 10.7 Å². The van der Waals surface area contributed by atoms with Crippen LogP contribution in [0.5, 0.6) is 0 Å². The van der Waals surface area contributed by atoms with Crippen LogP contribution in [-0.4, -0.2) is 16.3 Å². The predicted octanol–water partition coefficient (Wildman–Crippen LogP) is 4.22. The fraction of sp³-hybridized carbons (Fsp3) is 0. The van der Waals surface area contributed by atoms with Crippen molar-refractivity contribution in [3.8, 4) is 0 Å². The summed E-state index contributed by atoms with van der Waals surface area (Å²) < 4.78 is 0. The quantitative estimate of drug-likeness (QED) is 0.365. The van der Waals surface area contributed by atoms with Crippen molar-refractivity contribution < 1.29 is 4.92 Å². The van der Waals surface area contributed by atoms with Crippen LogP contribution in [0.15, 0.2) is 47.6 Å². The predicted molar refractivity (Wildman–Crippen MR) is 96.5 cm³/mol. The van der Waals surface area contributed by atoms with Crippen molar-refractivity contribution in [1.82, 2.24) is 5.43 Å². The van der Waals surface area contributed by atoms with Gasteiger partial charge in [0.1, 0.15) is 5.02 Å². The van der Waals surface area contributed by atoms with E-state index >= 15 is 0 Å². The summed E-state index contributed by atoms with van der Waals surface area (Å²) in [5.41, 5.74) is 3.56. The third kappa shape index (κ3) is 4.88. The molecule has 0 atom stereocenters. The Morgan fingerprint density at radius 1 is 1.22 bits per heavy atom. The highest BCUT2D eigenvalue weighted by Gasteiger charge is 2.11. The molecule has 0 spiro atoms. The Morgan fingerprint density at radius 2 is 1.96 bits per heavy atom. The van der Waals surface area contributed by atoms with Crippen molar-refractivity contribution in [3.63, 3.8) is 0 Å². The zero-order chi connectivity index (χ0) is 16.8. The first-order valence-corrected chi connectivity index (χ1v) is 7.42. The number of nitrogens with zero attached hydrogens (tertiary/aromatic N) is 2. The van der Waals surface area contributed by atoms with Crippen molar-refractivity contribution in [2.24, 2.45) is 5.10 Å². The van der Waals surface area contributed by atoms with Crippen LogP contribution >= 0.6 is 35.4 Å². The lowest BCUT2D eigenvalue weighted by molar-refractivity contribution is -0.384. The van der Waals surface area contributed by atoms with Gasteiger partial charge in [0, 0.05) is 11.6 Å². The lowest BCUT2D eigenvalue weighted by Crippen LogP contribution is -2.24. The van der Waals surface area contributed by atoms with E-state index in [0.29, 0.717) is 16.3 Å². The minimum absolute atomic E-state index is 0.0658. The smallest absolute Gasteiger partial charge is 0.288 e. The Kier molecular flexibility index (Phi) is 5.86. The molecule has 6 nitrogen and oxygen atoms in total. The molecule has 0 saturated carbocycles. The highest BCUT2D eigenvalue weighted by Crippen LogP contribution is 2.24. The molecular weight excluding hydrogens is 359 g/mol. The first-order chi connectivity index (χ1) is 11.0. The molecule has 9 heteroatoms. The van der Waals surface area contributed by atoms with Crippen molar-refractivity contribution in [1.29, 1.82) is 0 Å². The number of hydrazone groups is 1. The zero-order valence-corrected chi connectivity index (χ0v) is 13.8. The van der Waals surface area contributed by atoms with Crippen molar-refractivity contribution in [3.05, 3.63) is 68.2 Å². The molecule has 0 unspecified atom stereocenters. The molecule has 0 aliphatic rings. The van der Waals surface area contributed by atoms with Gasteiger partial charge in [-0.05, 0) is 30.4 Å². The number of nitro groups is 1. The van der Waals surface area contributed by atoms with Gasteiger partial charge in [0.25, 0.3) is 5.69 Å². The second kappa shape index (κ2) is 7.87. The number of hydrogen-bond acceptors (Lipinski definition) is 4. The Morgan fingerprint density at radius 3 is 2.65 bits per heavy atom. The van der Waals surface area contributed by atoms with Crippen LogP contribution in [0.2, 0.25) is 10.0 Å². The van der Waals surface area contributed by atoms with E-state index in [2.05, 4.69) is 15.8 Å². The molecule has 118 valence electrons. The Hall–Kier alpha value is -2.22. The van der Waals surface area contributed by atoms with E-state index in [1.165, 1.54) is 18.3 Å². The Labute approximate surface area is 147 Å². The maximum atomic E-state index is 10.8. The van der Waals surface area contributed by atoms with Gasteiger partial charge in [-0.1, -0.05) is 41.4 Å². The Bertz CT molecular complexity index is 783. The minimum Gasteiger partial charge on any atom is -0.330 e. The van der Waals surface area contributed by atoms with Crippen molar-refractivity contribution in [2.75, 3.05) is 5.32 Å². The maximum absolute atomic E-state index is 10.8. The highest BCUT2D eigenvalue weighted by molar-refractivity contribution is 7.80. The van der Waals surface area contributed by atoms with E-state index in [9.17, 15) is 10.1 Å². The molecule has 2 aromatic rings. The van der Waals surface area contributed by atoms with E-state index in [4.69, 9.17) is 35.4 Å². The van der Waals surface area contributed by atoms with E-state index in [1.807, 2.05) is 6.07 Å². The number of rotatable bonds is 4. The fourth-order valence-electron chi connectivity index (χ4n) is 1.63. The van der Waals surface area contributed by atoms with E-state index in [-0.39, 0.29) is 15.8 Å². The zero-order valence-electron chi connectivity index (χ0n) is 11.5. The molecule has 0 fully saturated rings. The third-order valence-electron chi connectivity index (χ3n) is 2.67. The summed E-state index contributed by atoms with van der Waals surface area (Å²) in [5.74, 6) is 0. The number of anilines is 1. The van der Waals surface area contributed by atoms with Gasteiger partial charge in [-0.2, -0.15) is 5.10 Å². The second-order valence-electron chi connectivity index (χ2n) is 4.27. The summed E-state index contributed by atoms with van der Waals surface area (Å²) >= 11 is 16.8. The topological polar surface area (TPSA) is 79.6 Å². The average molecular weight is 369 g/mol. The summed E-state index contributed by atoms with van der Waals surface area (Å²) in [6.07, 6.45) is 1.39. The minimum atomic E-state index is -0.559. The summed E-state index contributed by atoms with van der Waals surface area (Å²) in [7, 11) is 0. The number of nitro benzene ring substituents is 1. The van der Waals surface area contributed by atoms with Crippen LogP contribution in [0.25, 0.3) is 0 Å². The van der Waals surface area contributed by atoms with Gasteiger partial charge in [-0.25, -0.2) is 0 Å². The average Bonchev–Trinajstić information content (AvgIpc) is 2.51. The standard InChI is InChI=1S/C14H10Cl2N4O2S/c15-10-3-1-2-4-12(10)18-14(23)19-17-8-9-5-6-11(16)13(7-9)20(21)22/h1-8H,(H2,18,19,23)/b17-8+. The molecule has 0 saturated heterocycles. The number of thiocarbonyl (C=S) groups is 1. The first kappa shape index (κ1) is 17.1. The summed E-state index contributed by atoms with van der Waals surface area (Å²) in [6, 6.07) is 11.5. The van der Waals surface area contributed by atoms with Gasteiger partial charge >= 0.3 is 0 Å². The van der Waals surface area contributed by atoms with Crippen LogP contribution in [0, 0.1) is 10.1 Å². The van der Waals surface area contributed by atoms with E-state index in [1.54, 1.807) is 24.3 Å². The van der Waals surface area contributed by atoms with Crippen LogP contribution in [0.1, 0.15) is 5.56 Å². The van der Waals surface area contributed by atoms with Gasteiger partial charge in [0.15, 0.2) is 5.11 Å². The molecule has 0 amide bonds. The van der Waals surface area contributed by atoms with Crippen LogP contribution in [0.4, 0.5) is 11.4 Å². The number of hydrogen-bond donors (Lipinski definition) is 2. The lowest BCUT2D eigenvalue weighted by Gasteiger charge is -2.08. The normalized spacial score (nSPS) is 10.5. The number of nitrogens with one attached hydrogen (secondary N) is 2. The molecule has 0 radical (unpaired) electrons. The summed E-state index contributed by atoms with van der Waals surface area (Å²) in [5, 5.41) is 18.4.